The highest BCUT2D eigenvalue weighted by atomic mass is 19.1. The van der Waals surface area contributed by atoms with Gasteiger partial charge < -0.3 is 14.5 Å². The molecule has 0 radical (unpaired) electrons. The number of H-pyrrole nitrogens is 1. The molecule has 10 nitrogen and oxygen atoms in total. The van der Waals surface area contributed by atoms with Crippen molar-refractivity contribution in [3.63, 3.8) is 0 Å². The lowest BCUT2D eigenvalue weighted by Crippen LogP contribution is -2.48. The maximum Gasteiger partial charge on any atom is 0.282 e. The maximum atomic E-state index is 15.0. The summed E-state index contributed by atoms with van der Waals surface area (Å²) in [4.78, 5) is 25.4. The van der Waals surface area contributed by atoms with Crippen LogP contribution in [0.4, 0.5) is 20.4 Å². The maximum absolute atomic E-state index is 15.0. The number of aromatic amines is 1. The van der Waals surface area contributed by atoms with Crippen molar-refractivity contribution in [1.29, 1.82) is 0 Å². The van der Waals surface area contributed by atoms with Gasteiger partial charge in [0.05, 0.1) is 0 Å². The number of nitrogens with one attached hydrogen (secondary N) is 1. The predicted octanol–water partition coefficient (Wildman–Crippen LogP) is 2.30. The van der Waals surface area contributed by atoms with Crippen LogP contribution in [0.1, 0.15) is 33.1 Å². The molecular weight excluding hydrogens is 470 g/mol. The minimum Gasteiger partial charge on any atom is -0.492 e. The van der Waals surface area contributed by atoms with Gasteiger partial charge in [-0.3, -0.25) is 14.7 Å². The molecule has 2 aromatic heterocycles. The fourth-order valence-corrected chi connectivity index (χ4v) is 5.32. The number of piperazine rings is 1. The number of hydrogen-bond donors (Lipinski definition) is 1. The number of likely N-dealkylation sites (tertiary alicyclic amines) is 1. The van der Waals surface area contributed by atoms with Gasteiger partial charge in [0.1, 0.15) is 18.0 Å². The molecule has 2 atom stereocenters. The van der Waals surface area contributed by atoms with Gasteiger partial charge in [-0.1, -0.05) is 11.6 Å². The van der Waals surface area contributed by atoms with Gasteiger partial charge in [-0.2, -0.15) is 4.98 Å². The smallest absolute Gasteiger partial charge is 0.282 e. The number of aromatic nitrogens is 5. The second kappa shape index (κ2) is 10.00. The lowest BCUT2D eigenvalue weighted by Gasteiger charge is -2.38. The van der Waals surface area contributed by atoms with E-state index in [4.69, 9.17) is 4.74 Å². The minimum atomic E-state index is -0.646. The molecule has 0 amide bonds. The highest BCUT2D eigenvalue weighted by molar-refractivity contribution is 5.69. The first-order valence-corrected chi connectivity index (χ1v) is 12.5. The zero-order valence-corrected chi connectivity index (χ0v) is 20.9. The molecular formula is C24H32F2N8O2. The van der Waals surface area contributed by atoms with E-state index in [2.05, 4.69) is 39.0 Å². The second-order valence-electron chi connectivity index (χ2n) is 9.70. The fraction of sp³-hybridized carbons (Fsp3) is 0.583. The molecule has 12 heteroatoms. The minimum absolute atomic E-state index is 0.0620. The molecule has 194 valence electrons. The van der Waals surface area contributed by atoms with E-state index in [-0.39, 0.29) is 22.5 Å². The molecule has 2 fully saturated rings. The van der Waals surface area contributed by atoms with Crippen LogP contribution in [0, 0.1) is 11.6 Å². The van der Waals surface area contributed by atoms with Crippen molar-refractivity contribution < 1.29 is 13.5 Å². The molecule has 0 spiro atoms. The molecule has 5 rings (SSSR count). The van der Waals surface area contributed by atoms with Crippen LogP contribution in [0.25, 0.3) is 11.2 Å². The fourth-order valence-electron chi connectivity index (χ4n) is 5.32. The lowest BCUT2D eigenvalue weighted by molar-refractivity contribution is 0.0850. The molecule has 0 unspecified atom stereocenters. The Morgan fingerprint density at radius 2 is 1.69 bits per heavy atom. The van der Waals surface area contributed by atoms with E-state index in [1.165, 1.54) is 23.2 Å². The van der Waals surface area contributed by atoms with Crippen LogP contribution < -0.4 is 20.1 Å². The Labute approximate surface area is 207 Å². The van der Waals surface area contributed by atoms with Gasteiger partial charge >= 0.3 is 0 Å². The third-order valence-electron chi connectivity index (χ3n) is 7.33. The summed E-state index contributed by atoms with van der Waals surface area (Å²) < 4.78 is 37.2. The summed E-state index contributed by atoms with van der Waals surface area (Å²) >= 11 is 0. The largest absolute Gasteiger partial charge is 0.492 e. The molecule has 2 aliphatic rings. The van der Waals surface area contributed by atoms with E-state index >= 15 is 0 Å². The van der Waals surface area contributed by atoms with Crippen LogP contribution in [0.2, 0.25) is 0 Å². The topological polar surface area (TPSA) is 95.4 Å². The van der Waals surface area contributed by atoms with Crippen molar-refractivity contribution in [3.8, 4) is 5.75 Å². The van der Waals surface area contributed by atoms with Crippen molar-refractivity contribution >= 4 is 22.8 Å². The molecule has 36 heavy (non-hydrogen) atoms. The average Bonchev–Trinajstić information content (AvgIpc) is 3.22. The van der Waals surface area contributed by atoms with E-state index in [0.29, 0.717) is 56.5 Å². The Morgan fingerprint density at radius 1 is 1.06 bits per heavy atom. The van der Waals surface area contributed by atoms with Crippen LogP contribution in [0.15, 0.2) is 16.9 Å². The standard InChI is InChI=1S/C24H32F2N8O2/c1-15-5-4-6-16(2)34(15)11-12-36-17-13-18(25)21(19(26)14-17)32-7-9-33(10-8-32)24-27-22-20(23(35)28-24)29-30-31(22)3/h13-16H,4-12H2,1-3H3,(H,27,28,35)/t15-,16+. The summed E-state index contributed by atoms with van der Waals surface area (Å²) in [5, 5.41) is 7.65. The number of anilines is 2. The molecule has 4 heterocycles. The summed E-state index contributed by atoms with van der Waals surface area (Å²) in [5.74, 6) is -0.705. The van der Waals surface area contributed by atoms with Gasteiger partial charge in [0.2, 0.25) is 5.95 Å². The summed E-state index contributed by atoms with van der Waals surface area (Å²) in [6, 6.07) is 3.50. The summed E-state index contributed by atoms with van der Waals surface area (Å²) in [6.45, 7) is 7.14. The van der Waals surface area contributed by atoms with Gasteiger partial charge in [-0.25, -0.2) is 13.5 Å². The number of rotatable bonds is 6. The van der Waals surface area contributed by atoms with E-state index in [1.807, 2.05) is 4.90 Å². The summed E-state index contributed by atoms with van der Waals surface area (Å²) in [7, 11) is 1.66. The van der Waals surface area contributed by atoms with E-state index in [9.17, 15) is 13.6 Å². The first-order valence-electron chi connectivity index (χ1n) is 12.5. The van der Waals surface area contributed by atoms with Gasteiger partial charge in [0, 0.05) is 64.0 Å². The number of ether oxygens (including phenoxy) is 1. The summed E-state index contributed by atoms with van der Waals surface area (Å²) in [5.41, 5.74) is 0.120. The van der Waals surface area contributed by atoms with Gasteiger partial charge in [0.15, 0.2) is 22.8 Å². The Morgan fingerprint density at radius 3 is 2.36 bits per heavy atom. The zero-order valence-electron chi connectivity index (χ0n) is 20.9. The Bertz CT molecular complexity index is 1250. The van der Waals surface area contributed by atoms with E-state index in [1.54, 1.807) is 11.9 Å². The third kappa shape index (κ3) is 4.73. The third-order valence-corrected chi connectivity index (χ3v) is 7.33. The molecule has 2 saturated heterocycles. The molecule has 1 aromatic carbocycles. The van der Waals surface area contributed by atoms with Crippen molar-refractivity contribution in [2.75, 3.05) is 49.1 Å². The molecule has 3 aromatic rings. The number of halogens is 2. The van der Waals surface area contributed by atoms with E-state index < -0.39 is 11.6 Å². The number of hydrogen-bond acceptors (Lipinski definition) is 8. The van der Waals surface area contributed by atoms with Crippen molar-refractivity contribution in [3.05, 3.63) is 34.1 Å². The first kappa shape index (κ1) is 24.4. The quantitative estimate of drug-likeness (QED) is 0.549. The number of fused-ring (bicyclic) bond motifs is 1. The zero-order chi connectivity index (χ0) is 25.4. The van der Waals surface area contributed by atoms with Gasteiger partial charge in [-0.15, -0.1) is 5.10 Å². The Balaban J connectivity index is 1.22. The number of nitrogens with zero attached hydrogens (tertiary/aromatic N) is 7. The van der Waals surface area contributed by atoms with Crippen LogP contribution in [-0.4, -0.2) is 81.3 Å². The van der Waals surface area contributed by atoms with Crippen LogP contribution >= 0.6 is 0 Å². The monoisotopic (exact) mass is 502 g/mol. The number of aryl methyl sites for hydroxylation is 1. The SMILES string of the molecule is C[C@@H]1CCC[C@H](C)N1CCOc1cc(F)c(N2CCN(c3nc4c(nnn4C)c(=O)[nH]3)CC2)c(F)c1. The summed E-state index contributed by atoms with van der Waals surface area (Å²) in [6.07, 6.45) is 3.56. The van der Waals surface area contributed by atoms with Gasteiger partial charge in [-0.05, 0) is 26.7 Å². The van der Waals surface area contributed by atoms with Crippen LogP contribution in [0.5, 0.6) is 5.75 Å². The average molecular weight is 503 g/mol. The lowest BCUT2D eigenvalue weighted by atomic mass is 9.98. The number of piperidine rings is 1. The molecule has 2 aliphatic heterocycles. The molecule has 1 N–H and O–H groups in total. The van der Waals surface area contributed by atoms with Crippen molar-refractivity contribution in [1.82, 2.24) is 29.9 Å². The van der Waals surface area contributed by atoms with Crippen molar-refractivity contribution in [2.24, 2.45) is 7.05 Å². The highest BCUT2D eigenvalue weighted by Gasteiger charge is 2.26. The van der Waals surface area contributed by atoms with Crippen molar-refractivity contribution in [2.45, 2.75) is 45.2 Å². The second-order valence-corrected chi connectivity index (χ2v) is 9.70. The number of benzene rings is 1. The van der Waals surface area contributed by atoms with Crippen LogP contribution in [0.3, 0.4) is 0 Å². The van der Waals surface area contributed by atoms with Gasteiger partial charge in [0.25, 0.3) is 5.56 Å². The Kier molecular flexibility index (Phi) is 6.78. The highest BCUT2D eigenvalue weighted by Crippen LogP contribution is 2.30. The molecule has 0 bridgehead atoms. The van der Waals surface area contributed by atoms with Crippen LogP contribution in [-0.2, 0) is 7.05 Å². The first-order chi connectivity index (χ1) is 17.3. The predicted molar refractivity (Wildman–Crippen MR) is 133 cm³/mol. The molecule has 0 aliphatic carbocycles. The Hall–Kier alpha value is -3.28. The normalized spacial score (nSPS) is 21.4. The van der Waals surface area contributed by atoms with E-state index in [0.717, 1.165) is 19.4 Å². The molecule has 0 saturated carbocycles.